The van der Waals surface area contributed by atoms with Gasteiger partial charge in [-0.1, -0.05) is 24.3 Å². The van der Waals surface area contributed by atoms with Gasteiger partial charge in [-0.25, -0.2) is 9.67 Å². The highest BCUT2D eigenvalue weighted by molar-refractivity contribution is 7.12. The van der Waals surface area contributed by atoms with Crippen LogP contribution in [0.4, 0.5) is 0 Å². The number of aryl methyl sites for hydroxylation is 1. The Morgan fingerprint density at radius 1 is 1.08 bits per heavy atom. The fourth-order valence-corrected chi connectivity index (χ4v) is 4.33. The van der Waals surface area contributed by atoms with E-state index in [4.69, 9.17) is 14.8 Å². The molecule has 2 aromatic carbocycles. The number of fused-ring (bicyclic) bond motifs is 3. The largest absolute Gasteiger partial charge is 0.497 e. The van der Waals surface area contributed by atoms with Gasteiger partial charge in [0.15, 0.2) is 0 Å². The standard InChI is InChI=1S/C21H17N3OS/c1-13-18-11-15-5-3-4-6-17(15)20(18)24(23-13)21-22-19(12-26-21)14-7-9-16(25-2)10-8-14/h3-10,12H,11H2,1-2H3. The van der Waals surface area contributed by atoms with Gasteiger partial charge in [0.1, 0.15) is 5.75 Å². The van der Waals surface area contributed by atoms with Gasteiger partial charge in [0.2, 0.25) is 5.13 Å². The number of methoxy groups -OCH3 is 1. The van der Waals surface area contributed by atoms with Crippen LogP contribution in [-0.2, 0) is 6.42 Å². The zero-order valence-electron chi connectivity index (χ0n) is 14.6. The summed E-state index contributed by atoms with van der Waals surface area (Å²) in [5.41, 5.74) is 8.25. The average molecular weight is 359 g/mol. The van der Waals surface area contributed by atoms with Crippen LogP contribution in [-0.4, -0.2) is 21.9 Å². The van der Waals surface area contributed by atoms with Gasteiger partial charge in [-0.2, -0.15) is 5.10 Å². The zero-order chi connectivity index (χ0) is 17.7. The van der Waals surface area contributed by atoms with Gasteiger partial charge in [0.25, 0.3) is 0 Å². The summed E-state index contributed by atoms with van der Waals surface area (Å²) >= 11 is 1.62. The van der Waals surface area contributed by atoms with Gasteiger partial charge in [0, 0.05) is 28.5 Å². The number of rotatable bonds is 3. The molecule has 0 fully saturated rings. The van der Waals surface area contributed by atoms with Gasteiger partial charge >= 0.3 is 0 Å². The summed E-state index contributed by atoms with van der Waals surface area (Å²) in [6, 6.07) is 16.5. The van der Waals surface area contributed by atoms with E-state index in [9.17, 15) is 0 Å². The summed E-state index contributed by atoms with van der Waals surface area (Å²) in [5.74, 6) is 0.848. The SMILES string of the molecule is COc1ccc(-c2csc(-n3nc(C)c4c3-c3ccccc3C4)n2)cc1. The Labute approximate surface area is 155 Å². The maximum Gasteiger partial charge on any atom is 0.211 e. The van der Waals surface area contributed by atoms with Crippen LogP contribution in [0.5, 0.6) is 5.75 Å². The molecule has 0 saturated carbocycles. The predicted molar refractivity (Wildman–Crippen MR) is 104 cm³/mol. The van der Waals surface area contributed by atoms with E-state index in [1.807, 2.05) is 28.9 Å². The molecule has 0 aliphatic heterocycles. The Hall–Kier alpha value is -2.92. The molecule has 0 radical (unpaired) electrons. The lowest BCUT2D eigenvalue weighted by molar-refractivity contribution is 0.415. The van der Waals surface area contributed by atoms with E-state index in [0.717, 1.165) is 34.3 Å². The molecule has 4 nitrogen and oxygen atoms in total. The third kappa shape index (κ3) is 2.28. The molecule has 0 atom stereocenters. The Bertz CT molecular complexity index is 1110. The molecular formula is C21H17N3OS. The summed E-state index contributed by atoms with van der Waals surface area (Å²) in [4.78, 5) is 4.85. The molecular weight excluding hydrogens is 342 g/mol. The fraction of sp³-hybridized carbons (Fsp3) is 0.143. The summed E-state index contributed by atoms with van der Waals surface area (Å²) < 4.78 is 7.24. The maximum atomic E-state index is 5.23. The lowest BCUT2D eigenvalue weighted by atomic mass is 10.1. The van der Waals surface area contributed by atoms with Crippen molar-refractivity contribution in [1.82, 2.24) is 14.8 Å². The molecule has 2 heterocycles. The first-order valence-corrected chi connectivity index (χ1v) is 9.39. The lowest BCUT2D eigenvalue weighted by Crippen LogP contribution is -1.99. The molecule has 5 heteroatoms. The Balaban J connectivity index is 1.59. The van der Waals surface area contributed by atoms with Crippen molar-refractivity contribution in [3.8, 4) is 33.4 Å². The third-order valence-electron chi connectivity index (χ3n) is 4.88. The second kappa shape index (κ2) is 5.81. The topological polar surface area (TPSA) is 39.9 Å². The van der Waals surface area contributed by atoms with Crippen LogP contribution in [0.1, 0.15) is 16.8 Å². The highest BCUT2D eigenvalue weighted by Crippen LogP contribution is 2.40. The first-order chi connectivity index (χ1) is 12.7. The number of benzene rings is 2. The molecule has 0 unspecified atom stereocenters. The monoisotopic (exact) mass is 359 g/mol. The van der Waals surface area contributed by atoms with Gasteiger partial charge in [0.05, 0.1) is 24.2 Å². The molecule has 2 aromatic heterocycles. The first kappa shape index (κ1) is 15.3. The number of ether oxygens (including phenoxy) is 1. The molecule has 0 N–H and O–H groups in total. The molecule has 128 valence electrons. The van der Waals surface area contributed by atoms with Crippen molar-refractivity contribution in [1.29, 1.82) is 0 Å². The van der Waals surface area contributed by atoms with E-state index in [-0.39, 0.29) is 0 Å². The van der Waals surface area contributed by atoms with E-state index >= 15 is 0 Å². The smallest absolute Gasteiger partial charge is 0.211 e. The Morgan fingerprint density at radius 3 is 2.69 bits per heavy atom. The highest BCUT2D eigenvalue weighted by Gasteiger charge is 2.27. The van der Waals surface area contributed by atoms with Crippen molar-refractivity contribution in [2.45, 2.75) is 13.3 Å². The van der Waals surface area contributed by atoms with E-state index in [1.165, 1.54) is 22.4 Å². The molecule has 5 rings (SSSR count). The van der Waals surface area contributed by atoms with Crippen molar-refractivity contribution < 1.29 is 4.74 Å². The maximum absolute atomic E-state index is 5.23. The van der Waals surface area contributed by atoms with Crippen LogP contribution < -0.4 is 4.74 Å². The van der Waals surface area contributed by atoms with Crippen molar-refractivity contribution in [3.63, 3.8) is 0 Å². The molecule has 26 heavy (non-hydrogen) atoms. The molecule has 0 spiro atoms. The molecule has 1 aliphatic carbocycles. The van der Waals surface area contributed by atoms with E-state index in [0.29, 0.717) is 0 Å². The van der Waals surface area contributed by atoms with Crippen molar-refractivity contribution >= 4 is 11.3 Å². The van der Waals surface area contributed by atoms with Gasteiger partial charge < -0.3 is 4.74 Å². The minimum atomic E-state index is 0.848. The van der Waals surface area contributed by atoms with Crippen molar-refractivity contribution in [2.24, 2.45) is 0 Å². The average Bonchev–Trinajstić information content (AvgIpc) is 3.37. The minimum absolute atomic E-state index is 0.848. The summed E-state index contributed by atoms with van der Waals surface area (Å²) in [5, 5.41) is 7.76. The highest BCUT2D eigenvalue weighted by atomic mass is 32.1. The number of hydrogen-bond donors (Lipinski definition) is 0. The quantitative estimate of drug-likeness (QED) is 0.461. The zero-order valence-corrected chi connectivity index (χ0v) is 15.4. The second-order valence-corrected chi connectivity index (χ2v) is 7.24. The van der Waals surface area contributed by atoms with Crippen LogP contribution in [0.3, 0.4) is 0 Å². The number of hydrogen-bond acceptors (Lipinski definition) is 4. The van der Waals surface area contributed by atoms with E-state index < -0.39 is 0 Å². The van der Waals surface area contributed by atoms with E-state index in [1.54, 1.807) is 18.4 Å². The third-order valence-corrected chi connectivity index (χ3v) is 5.70. The Kier molecular flexibility index (Phi) is 3.43. The van der Waals surface area contributed by atoms with Crippen LogP contribution >= 0.6 is 11.3 Å². The number of thiazole rings is 1. The first-order valence-electron chi connectivity index (χ1n) is 8.51. The number of nitrogens with zero attached hydrogens (tertiary/aromatic N) is 3. The van der Waals surface area contributed by atoms with Crippen molar-refractivity contribution in [3.05, 3.63) is 70.7 Å². The normalized spacial score (nSPS) is 12.1. The Morgan fingerprint density at radius 2 is 1.88 bits per heavy atom. The van der Waals surface area contributed by atoms with Gasteiger partial charge in [-0.05, 0) is 36.8 Å². The molecule has 0 bridgehead atoms. The minimum Gasteiger partial charge on any atom is -0.497 e. The van der Waals surface area contributed by atoms with Gasteiger partial charge in [-0.3, -0.25) is 0 Å². The summed E-state index contributed by atoms with van der Waals surface area (Å²) in [6.45, 7) is 2.08. The van der Waals surface area contributed by atoms with Gasteiger partial charge in [-0.15, -0.1) is 11.3 Å². The molecule has 1 aliphatic rings. The molecule has 4 aromatic rings. The van der Waals surface area contributed by atoms with Crippen LogP contribution in [0.2, 0.25) is 0 Å². The second-order valence-electron chi connectivity index (χ2n) is 6.40. The molecule has 0 saturated heterocycles. The van der Waals surface area contributed by atoms with E-state index in [2.05, 4.69) is 36.6 Å². The fourth-order valence-electron chi connectivity index (χ4n) is 3.54. The summed E-state index contributed by atoms with van der Waals surface area (Å²) in [6.07, 6.45) is 0.952. The predicted octanol–water partition coefficient (Wildman–Crippen LogP) is 4.88. The molecule has 0 amide bonds. The van der Waals surface area contributed by atoms with Crippen LogP contribution in [0.25, 0.3) is 27.6 Å². The van der Waals surface area contributed by atoms with Crippen LogP contribution in [0.15, 0.2) is 53.9 Å². The van der Waals surface area contributed by atoms with Crippen LogP contribution in [0, 0.1) is 6.92 Å². The summed E-state index contributed by atoms with van der Waals surface area (Å²) in [7, 11) is 1.68. The number of aromatic nitrogens is 3. The van der Waals surface area contributed by atoms with Crippen molar-refractivity contribution in [2.75, 3.05) is 7.11 Å². The lowest BCUT2D eigenvalue weighted by Gasteiger charge is -2.04.